The summed E-state index contributed by atoms with van der Waals surface area (Å²) in [5.41, 5.74) is 2.55. The highest BCUT2D eigenvalue weighted by molar-refractivity contribution is 5.47. The van der Waals surface area contributed by atoms with Crippen molar-refractivity contribution in [2.24, 2.45) is 5.92 Å². The molecule has 0 saturated heterocycles. The van der Waals surface area contributed by atoms with Gasteiger partial charge in [0.25, 0.3) is 0 Å². The van der Waals surface area contributed by atoms with Crippen molar-refractivity contribution in [3.63, 3.8) is 0 Å². The second-order valence-corrected chi connectivity index (χ2v) is 6.27. The molecule has 3 rings (SSSR count). The van der Waals surface area contributed by atoms with Crippen LogP contribution in [0, 0.1) is 5.92 Å². The van der Waals surface area contributed by atoms with E-state index in [2.05, 4.69) is 10.3 Å². The van der Waals surface area contributed by atoms with Gasteiger partial charge in [0.15, 0.2) is 0 Å². The molecule has 5 nitrogen and oxygen atoms in total. The van der Waals surface area contributed by atoms with Crippen molar-refractivity contribution >= 4 is 0 Å². The number of nitrogens with zero attached hydrogens (tertiary/aromatic N) is 3. The van der Waals surface area contributed by atoms with Crippen LogP contribution in [0.4, 0.5) is 0 Å². The summed E-state index contributed by atoms with van der Waals surface area (Å²) in [4.78, 5) is 0. The quantitative estimate of drug-likeness (QED) is 0.888. The predicted octanol–water partition coefficient (Wildman–Crippen LogP) is 3.28. The van der Waals surface area contributed by atoms with E-state index >= 15 is 0 Å². The summed E-state index contributed by atoms with van der Waals surface area (Å²) in [5.74, 6) is 1.55. The van der Waals surface area contributed by atoms with Gasteiger partial charge in [-0.3, -0.25) is 0 Å². The molecule has 1 N–H and O–H groups in total. The van der Waals surface area contributed by atoms with Gasteiger partial charge in [0.1, 0.15) is 17.1 Å². The van der Waals surface area contributed by atoms with Crippen LogP contribution in [0.1, 0.15) is 49.9 Å². The van der Waals surface area contributed by atoms with Crippen LogP contribution in [-0.4, -0.2) is 27.2 Å². The molecular weight excluding hydrogens is 290 g/mol. The fourth-order valence-corrected chi connectivity index (χ4v) is 3.52. The Morgan fingerprint density at radius 3 is 2.74 bits per heavy atom. The third-order valence-corrected chi connectivity index (χ3v) is 4.82. The van der Waals surface area contributed by atoms with Crippen molar-refractivity contribution in [2.75, 3.05) is 7.11 Å². The van der Waals surface area contributed by atoms with Crippen molar-refractivity contribution in [2.45, 2.75) is 51.6 Å². The average molecular weight is 315 g/mol. The Morgan fingerprint density at radius 1 is 1.22 bits per heavy atom. The molecule has 1 aliphatic rings. The number of aliphatic hydroxyl groups is 1. The number of hydrogen-bond acceptors (Lipinski definition) is 4. The summed E-state index contributed by atoms with van der Waals surface area (Å²) in [5, 5.41) is 18.0. The zero-order valence-corrected chi connectivity index (χ0v) is 13.7. The van der Waals surface area contributed by atoms with Crippen molar-refractivity contribution < 1.29 is 9.84 Å². The Bertz CT molecular complexity index is 633. The smallest absolute Gasteiger partial charge is 0.144 e. The summed E-state index contributed by atoms with van der Waals surface area (Å²) in [6, 6.07) is 7.79. The highest BCUT2D eigenvalue weighted by Crippen LogP contribution is 2.29. The topological polar surface area (TPSA) is 60.2 Å². The van der Waals surface area contributed by atoms with Gasteiger partial charge in [-0.05, 0) is 30.9 Å². The number of para-hydroxylation sites is 2. The molecular formula is C18H25N3O2. The zero-order valence-electron chi connectivity index (χ0n) is 13.7. The summed E-state index contributed by atoms with van der Waals surface area (Å²) in [6.45, 7) is -0.0743. The largest absolute Gasteiger partial charge is 0.494 e. The van der Waals surface area contributed by atoms with E-state index in [0.717, 1.165) is 35.9 Å². The Hall–Kier alpha value is -1.88. The maximum atomic E-state index is 9.60. The molecule has 0 atom stereocenters. The highest BCUT2D eigenvalue weighted by atomic mass is 16.5. The van der Waals surface area contributed by atoms with Crippen molar-refractivity contribution in [3.05, 3.63) is 35.7 Å². The first kappa shape index (κ1) is 16.0. The highest BCUT2D eigenvalue weighted by Gasteiger charge is 2.19. The summed E-state index contributed by atoms with van der Waals surface area (Å²) in [6.07, 6.45) is 8.75. The van der Waals surface area contributed by atoms with Gasteiger partial charge in [-0.25, -0.2) is 4.68 Å². The van der Waals surface area contributed by atoms with Gasteiger partial charge in [-0.2, -0.15) is 0 Å². The van der Waals surface area contributed by atoms with Gasteiger partial charge in [-0.1, -0.05) is 49.5 Å². The van der Waals surface area contributed by atoms with Gasteiger partial charge in [0, 0.05) is 0 Å². The first-order valence-corrected chi connectivity index (χ1v) is 8.51. The Balaban J connectivity index is 1.84. The minimum Gasteiger partial charge on any atom is -0.494 e. The molecule has 0 aliphatic heterocycles. The molecule has 0 bridgehead atoms. The fraction of sp³-hybridized carbons (Fsp3) is 0.556. The molecule has 1 fully saturated rings. The summed E-state index contributed by atoms with van der Waals surface area (Å²) >= 11 is 0. The van der Waals surface area contributed by atoms with Gasteiger partial charge >= 0.3 is 0 Å². The first-order chi connectivity index (χ1) is 11.3. The van der Waals surface area contributed by atoms with Crippen LogP contribution in [0.15, 0.2) is 24.3 Å². The van der Waals surface area contributed by atoms with E-state index in [9.17, 15) is 5.11 Å². The van der Waals surface area contributed by atoms with Gasteiger partial charge in [-0.15, -0.1) is 5.10 Å². The minimum atomic E-state index is -0.0743. The van der Waals surface area contributed by atoms with E-state index in [1.165, 1.54) is 32.1 Å². The normalized spacial score (nSPS) is 15.7. The van der Waals surface area contributed by atoms with E-state index in [1.807, 2.05) is 28.9 Å². The standard InChI is InChI=1S/C18H25N3O2/c1-23-18-10-6-5-9-17(18)21-16(15(13-22)19-20-21)12-11-14-7-3-2-4-8-14/h5-6,9-10,14,22H,2-4,7-8,11-13H2,1H3. The lowest BCUT2D eigenvalue weighted by Gasteiger charge is -2.21. The second kappa shape index (κ2) is 7.59. The van der Waals surface area contributed by atoms with Crippen molar-refractivity contribution in [1.82, 2.24) is 15.0 Å². The molecule has 1 aromatic heterocycles. The second-order valence-electron chi connectivity index (χ2n) is 6.27. The number of benzene rings is 1. The van der Waals surface area contributed by atoms with E-state index < -0.39 is 0 Å². The van der Waals surface area contributed by atoms with Crippen LogP contribution in [0.5, 0.6) is 5.75 Å². The molecule has 1 aliphatic carbocycles. The maximum absolute atomic E-state index is 9.60. The summed E-state index contributed by atoms with van der Waals surface area (Å²) in [7, 11) is 1.66. The molecule has 5 heteroatoms. The fourth-order valence-electron chi connectivity index (χ4n) is 3.52. The molecule has 2 aromatic rings. The number of methoxy groups -OCH3 is 1. The lowest BCUT2D eigenvalue weighted by molar-refractivity contribution is 0.274. The van der Waals surface area contributed by atoms with Gasteiger partial charge in [0.05, 0.1) is 19.4 Å². The van der Waals surface area contributed by atoms with E-state index in [-0.39, 0.29) is 6.61 Å². The molecule has 1 saturated carbocycles. The molecule has 0 unspecified atom stereocenters. The lowest BCUT2D eigenvalue weighted by Crippen LogP contribution is -2.11. The van der Waals surface area contributed by atoms with Crippen molar-refractivity contribution in [1.29, 1.82) is 0 Å². The minimum absolute atomic E-state index is 0.0743. The van der Waals surface area contributed by atoms with Crippen LogP contribution < -0.4 is 4.74 Å². The zero-order chi connectivity index (χ0) is 16.1. The van der Waals surface area contributed by atoms with Crippen LogP contribution >= 0.6 is 0 Å². The Morgan fingerprint density at radius 2 is 2.00 bits per heavy atom. The lowest BCUT2D eigenvalue weighted by atomic mass is 9.85. The molecule has 1 heterocycles. The Kier molecular flexibility index (Phi) is 5.28. The first-order valence-electron chi connectivity index (χ1n) is 8.51. The molecule has 1 aromatic carbocycles. The van der Waals surface area contributed by atoms with Crippen LogP contribution in [0.3, 0.4) is 0 Å². The molecule has 23 heavy (non-hydrogen) atoms. The Labute approximate surface area is 137 Å². The van der Waals surface area contributed by atoms with E-state index in [0.29, 0.717) is 5.69 Å². The molecule has 124 valence electrons. The van der Waals surface area contributed by atoms with Crippen LogP contribution in [0.2, 0.25) is 0 Å². The van der Waals surface area contributed by atoms with Gasteiger partial charge in [0.2, 0.25) is 0 Å². The third-order valence-electron chi connectivity index (χ3n) is 4.82. The van der Waals surface area contributed by atoms with Crippen LogP contribution in [0.25, 0.3) is 5.69 Å². The number of aliphatic hydroxyl groups excluding tert-OH is 1. The molecule has 0 radical (unpaired) electrons. The molecule has 0 spiro atoms. The number of ether oxygens (including phenoxy) is 1. The molecule has 0 amide bonds. The summed E-state index contributed by atoms with van der Waals surface area (Å²) < 4.78 is 7.27. The number of aromatic nitrogens is 3. The maximum Gasteiger partial charge on any atom is 0.144 e. The predicted molar refractivity (Wildman–Crippen MR) is 88.7 cm³/mol. The number of hydrogen-bond donors (Lipinski definition) is 1. The number of rotatable bonds is 6. The average Bonchev–Trinajstić information content (AvgIpc) is 3.03. The SMILES string of the molecule is COc1ccccc1-n1nnc(CO)c1CCC1CCCCC1. The van der Waals surface area contributed by atoms with Crippen molar-refractivity contribution in [3.8, 4) is 11.4 Å². The third kappa shape index (κ3) is 3.55. The monoisotopic (exact) mass is 315 g/mol. The van der Waals surface area contributed by atoms with E-state index in [4.69, 9.17) is 4.74 Å². The van der Waals surface area contributed by atoms with Crippen LogP contribution in [-0.2, 0) is 13.0 Å². The van der Waals surface area contributed by atoms with E-state index in [1.54, 1.807) is 7.11 Å². The van der Waals surface area contributed by atoms with Gasteiger partial charge < -0.3 is 9.84 Å².